The van der Waals surface area contributed by atoms with Crippen LogP contribution in [0.15, 0.2) is 24.3 Å². The standard InChI is InChI=1S/C15H22N2O2.ClH/c1-3-19-14-7-5-4-6-13(14)15(18)17-9-8-12(11-17)10-16-2;/h4-7,12,16H,3,8-11H2,1-2H3;1H. The minimum atomic E-state index is 0. The Kier molecular flexibility index (Phi) is 6.82. The maximum Gasteiger partial charge on any atom is 0.257 e. The van der Waals surface area contributed by atoms with E-state index in [1.807, 2.05) is 43.1 Å². The van der Waals surface area contributed by atoms with E-state index in [1.165, 1.54) is 0 Å². The third-order valence-corrected chi connectivity index (χ3v) is 3.48. The van der Waals surface area contributed by atoms with Gasteiger partial charge in [-0.2, -0.15) is 0 Å². The van der Waals surface area contributed by atoms with Crippen LogP contribution < -0.4 is 10.1 Å². The van der Waals surface area contributed by atoms with Gasteiger partial charge in [-0.1, -0.05) is 12.1 Å². The van der Waals surface area contributed by atoms with Crippen LogP contribution in [-0.4, -0.2) is 44.1 Å². The molecule has 1 aliphatic rings. The minimum absolute atomic E-state index is 0. The predicted octanol–water partition coefficient (Wildman–Crippen LogP) is 2.19. The molecular formula is C15H23ClN2O2. The molecule has 1 heterocycles. The molecule has 4 nitrogen and oxygen atoms in total. The number of hydrogen-bond acceptors (Lipinski definition) is 3. The van der Waals surface area contributed by atoms with E-state index in [-0.39, 0.29) is 18.3 Å². The highest BCUT2D eigenvalue weighted by molar-refractivity contribution is 5.97. The fourth-order valence-corrected chi connectivity index (χ4v) is 2.57. The highest BCUT2D eigenvalue weighted by Crippen LogP contribution is 2.23. The zero-order valence-electron chi connectivity index (χ0n) is 12.1. The molecule has 0 spiro atoms. The number of nitrogens with zero attached hydrogens (tertiary/aromatic N) is 1. The van der Waals surface area contributed by atoms with E-state index in [9.17, 15) is 4.79 Å². The van der Waals surface area contributed by atoms with Crippen LogP contribution in [0.25, 0.3) is 0 Å². The normalized spacial score (nSPS) is 17.7. The van der Waals surface area contributed by atoms with E-state index in [0.717, 1.165) is 26.1 Å². The third-order valence-electron chi connectivity index (χ3n) is 3.48. The second kappa shape index (κ2) is 8.12. The number of ether oxygens (including phenoxy) is 1. The van der Waals surface area contributed by atoms with Gasteiger partial charge in [0.25, 0.3) is 5.91 Å². The number of nitrogens with one attached hydrogen (secondary N) is 1. The number of carbonyl (C=O) groups excluding carboxylic acids is 1. The van der Waals surface area contributed by atoms with Crippen LogP contribution in [0.3, 0.4) is 0 Å². The summed E-state index contributed by atoms with van der Waals surface area (Å²) in [5.74, 6) is 1.34. The van der Waals surface area contributed by atoms with Gasteiger partial charge in [0.05, 0.1) is 12.2 Å². The number of likely N-dealkylation sites (tertiary alicyclic amines) is 1. The number of carbonyl (C=O) groups is 1. The molecular weight excluding hydrogens is 276 g/mol. The molecule has 0 radical (unpaired) electrons. The Balaban J connectivity index is 0.00000200. The van der Waals surface area contributed by atoms with Gasteiger partial charge in [0.15, 0.2) is 0 Å². The van der Waals surface area contributed by atoms with Crippen molar-refractivity contribution in [3.05, 3.63) is 29.8 Å². The second-order valence-corrected chi connectivity index (χ2v) is 4.89. The first-order valence-electron chi connectivity index (χ1n) is 6.92. The minimum Gasteiger partial charge on any atom is -0.493 e. The van der Waals surface area contributed by atoms with Crippen molar-refractivity contribution in [1.29, 1.82) is 0 Å². The molecule has 1 saturated heterocycles. The first kappa shape index (κ1) is 16.8. The summed E-state index contributed by atoms with van der Waals surface area (Å²) in [5.41, 5.74) is 0.675. The van der Waals surface area contributed by atoms with Crippen LogP contribution in [0.2, 0.25) is 0 Å². The molecule has 0 aliphatic carbocycles. The molecule has 112 valence electrons. The Labute approximate surface area is 126 Å². The number of halogens is 1. The molecule has 0 bridgehead atoms. The van der Waals surface area contributed by atoms with Crippen LogP contribution in [-0.2, 0) is 0 Å². The van der Waals surface area contributed by atoms with Crippen molar-refractivity contribution in [2.75, 3.05) is 33.3 Å². The summed E-state index contributed by atoms with van der Waals surface area (Å²) < 4.78 is 5.53. The third kappa shape index (κ3) is 3.87. The largest absolute Gasteiger partial charge is 0.493 e. The lowest BCUT2D eigenvalue weighted by Crippen LogP contribution is -2.30. The van der Waals surface area contributed by atoms with E-state index in [1.54, 1.807) is 0 Å². The van der Waals surface area contributed by atoms with Gasteiger partial charge in [-0.05, 0) is 45.0 Å². The van der Waals surface area contributed by atoms with Gasteiger partial charge >= 0.3 is 0 Å². The number of para-hydroxylation sites is 1. The molecule has 1 unspecified atom stereocenters. The number of hydrogen-bond donors (Lipinski definition) is 1. The lowest BCUT2D eigenvalue weighted by atomic mass is 10.1. The first-order valence-corrected chi connectivity index (χ1v) is 6.92. The Morgan fingerprint density at radius 3 is 2.90 bits per heavy atom. The first-order chi connectivity index (χ1) is 9.26. The Morgan fingerprint density at radius 2 is 2.20 bits per heavy atom. The van der Waals surface area contributed by atoms with E-state index < -0.39 is 0 Å². The molecule has 1 aromatic rings. The molecule has 1 aromatic carbocycles. The second-order valence-electron chi connectivity index (χ2n) is 4.89. The van der Waals surface area contributed by atoms with E-state index in [0.29, 0.717) is 23.8 Å². The zero-order chi connectivity index (χ0) is 13.7. The average Bonchev–Trinajstić information content (AvgIpc) is 2.88. The van der Waals surface area contributed by atoms with E-state index in [2.05, 4.69) is 5.32 Å². The quantitative estimate of drug-likeness (QED) is 0.906. The summed E-state index contributed by atoms with van der Waals surface area (Å²) in [4.78, 5) is 14.4. The van der Waals surface area contributed by atoms with Crippen molar-refractivity contribution < 1.29 is 9.53 Å². The molecule has 0 saturated carbocycles. The molecule has 1 N–H and O–H groups in total. The molecule has 2 rings (SSSR count). The van der Waals surface area contributed by atoms with Crippen molar-refractivity contribution in [1.82, 2.24) is 10.2 Å². The van der Waals surface area contributed by atoms with Crippen molar-refractivity contribution in [3.63, 3.8) is 0 Å². The molecule has 1 fully saturated rings. The smallest absolute Gasteiger partial charge is 0.257 e. The van der Waals surface area contributed by atoms with Crippen LogP contribution >= 0.6 is 12.4 Å². The summed E-state index contributed by atoms with van der Waals surface area (Å²) in [6.45, 7) is 5.15. The van der Waals surface area contributed by atoms with Gasteiger partial charge in [0.2, 0.25) is 0 Å². The van der Waals surface area contributed by atoms with Gasteiger partial charge in [-0.15, -0.1) is 12.4 Å². The van der Waals surface area contributed by atoms with Gasteiger partial charge in [-0.25, -0.2) is 0 Å². The summed E-state index contributed by atoms with van der Waals surface area (Å²) in [5, 5.41) is 3.18. The molecule has 0 aromatic heterocycles. The molecule has 20 heavy (non-hydrogen) atoms. The lowest BCUT2D eigenvalue weighted by Gasteiger charge is -2.18. The lowest BCUT2D eigenvalue weighted by molar-refractivity contribution is 0.0783. The average molecular weight is 299 g/mol. The number of rotatable bonds is 5. The van der Waals surface area contributed by atoms with Crippen molar-refractivity contribution in [2.45, 2.75) is 13.3 Å². The maximum absolute atomic E-state index is 12.5. The van der Waals surface area contributed by atoms with Gasteiger partial charge in [0, 0.05) is 13.1 Å². The molecule has 1 atom stereocenters. The predicted molar refractivity (Wildman–Crippen MR) is 82.8 cm³/mol. The maximum atomic E-state index is 12.5. The Morgan fingerprint density at radius 1 is 1.45 bits per heavy atom. The summed E-state index contributed by atoms with van der Waals surface area (Å²) in [6.07, 6.45) is 1.07. The summed E-state index contributed by atoms with van der Waals surface area (Å²) >= 11 is 0. The summed E-state index contributed by atoms with van der Waals surface area (Å²) in [6, 6.07) is 7.49. The zero-order valence-corrected chi connectivity index (χ0v) is 12.9. The van der Waals surface area contributed by atoms with Crippen molar-refractivity contribution in [2.24, 2.45) is 5.92 Å². The molecule has 1 amide bonds. The van der Waals surface area contributed by atoms with Crippen LogP contribution in [0, 0.1) is 5.92 Å². The number of benzene rings is 1. The topological polar surface area (TPSA) is 41.6 Å². The SMILES string of the molecule is CCOc1ccccc1C(=O)N1CCC(CNC)C1.Cl. The fourth-order valence-electron chi connectivity index (χ4n) is 2.57. The Bertz CT molecular complexity index is 440. The van der Waals surface area contributed by atoms with Crippen molar-refractivity contribution >= 4 is 18.3 Å². The fraction of sp³-hybridized carbons (Fsp3) is 0.533. The van der Waals surface area contributed by atoms with Crippen LogP contribution in [0.1, 0.15) is 23.7 Å². The Hall–Kier alpha value is -1.26. The van der Waals surface area contributed by atoms with Crippen LogP contribution in [0.5, 0.6) is 5.75 Å². The highest BCUT2D eigenvalue weighted by atomic mass is 35.5. The van der Waals surface area contributed by atoms with E-state index >= 15 is 0 Å². The van der Waals surface area contributed by atoms with Gasteiger partial charge in [-0.3, -0.25) is 4.79 Å². The van der Waals surface area contributed by atoms with Crippen molar-refractivity contribution in [3.8, 4) is 5.75 Å². The monoisotopic (exact) mass is 298 g/mol. The number of amides is 1. The molecule has 5 heteroatoms. The van der Waals surface area contributed by atoms with Gasteiger partial charge < -0.3 is 15.0 Å². The highest BCUT2D eigenvalue weighted by Gasteiger charge is 2.27. The van der Waals surface area contributed by atoms with Gasteiger partial charge in [0.1, 0.15) is 5.75 Å². The van der Waals surface area contributed by atoms with Crippen LogP contribution in [0.4, 0.5) is 0 Å². The van der Waals surface area contributed by atoms with E-state index in [4.69, 9.17) is 4.74 Å². The summed E-state index contributed by atoms with van der Waals surface area (Å²) in [7, 11) is 1.95. The molecule has 1 aliphatic heterocycles.